The van der Waals surface area contributed by atoms with Crippen molar-refractivity contribution < 1.29 is 8.78 Å². The Morgan fingerprint density at radius 3 is 2.47 bits per heavy atom. The molecule has 1 aromatic heterocycles. The van der Waals surface area contributed by atoms with Gasteiger partial charge in [-0.2, -0.15) is 0 Å². The van der Waals surface area contributed by atoms with E-state index in [1.54, 1.807) is 23.3 Å². The lowest BCUT2D eigenvalue weighted by atomic mass is 10.0. The Labute approximate surface area is 105 Å². The molecule has 2 unspecified atom stereocenters. The molecule has 98 valence electrons. The predicted molar refractivity (Wildman–Crippen MR) is 68.7 cm³/mol. The third-order valence-electron chi connectivity index (χ3n) is 2.83. The van der Waals surface area contributed by atoms with Crippen molar-refractivity contribution >= 4 is 11.3 Å². The average Bonchev–Trinajstić information content (AvgIpc) is 2.63. The molecule has 17 heavy (non-hydrogen) atoms. The van der Waals surface area contributed by atoms with E-state index in [1.807, 2.05) is 26.0 Å². The van der Waals surface area contributed by atoms with Gasteiger partial charge in [0.2, 0.25) is 0 Å². The van der Waals surface area contributed by atoms with Crippen LogP contribution in [0.25, 0.3) is 0 Å². The van der Waals surface area contributed by atoms with Crippen molar-refractivity contribution in [2.75, 3.05) is 13.6 Å². The van der Waals surface area contributed by atoms with Gasteiger partial charge in [-0.1, -0.05) is 6.92 Å². The van der Waals surface area contributed by atoms with Crippen molar-refractivity contribution in [3.05, 3.63) is 21.9 Å². The summed E-state index contributed by atoms with van der Waals surface area (Å²) in [4.78, 5) is 3.91. The van der Waals surface area contributed by atoms with E-state index < -0.39 is 6.43 Å². The van der Waals surface area contributed by atoms with Gasteiger partial charge < -0.3 is 5.73 Å². The van der Waals surface area contributed by atoms with Crippen LogP contribution in [0.2, 0.25) is 0 Å². The molecule has 1 heterocycles. The van der Waals surface area contributed by atoms with Crippen LogP contribution in [0.15, 0.2) is 12.1 Å². The highest BCUT2D eigenvalue weighted by atomic mass is 32.1. The molecule has 2 atom stereocenters. The zero-order chi connectivity index (χ0) is 13.0. The lowest BCUT2D eigenvalue weighted by molar-refractivity contribution is 0.0744. The molecule has 0 aliphatic rings. The van der Waals surface area contributed by atoms with Crippen molar-refractivity contribution in [2.24, 2.45) is 5.73 Å². The lowest BCUT2D eigenvalue weighted by Gasteiger charge is -2.31. The molecule has 0 saturated heterocycles. The minimum Gasteiger partial charge on any atom is -0.326 e. The second-order valence-electron chi connectivity index (χ2n) is 4.30. The molecule has 2 nitrogen and oxygen atoms in total. The number of alkyl halides is 2. The largest absolute Gasteiger partial charge is 0.326 e. The van der Waals surface area contributed by atoms with Gasteiger partial charge >= 0.3 is 0 Å². The Bertz CT molecular complexity index is 341. The first kappa shape index (κ1) is 14.5. The zero-order valence-electron chi connectivity index (χ0n) is 10.5. The number of thiophene rings is 1. The fourth-order valence-corrected chi connectivity index (χ4v) is 3.04. The van der Waals surface area contributed by atoms with Gasteiger partial charge in [-0.05, 0) is 32.5 Å². The molecule has 1 aromatic rings. The highest BCUT2D eigenvalue weighted by Gasteiger charge is 2.26. The summed E-state index contributed by atoms with van der Waals surface area (Å²) in [6, 6.07) is 3.76. The van der Waals surface area contributed by atoms with Crippen molar-refractivity contribution in [3.8, 4) is 0 Å². The second-order valence-corrected chi connectivity index (χ2v) is 5.62. The molecule has 0 amide bonds. The monoisotopic (exact) mass is 262 g/mol. The van der Waals surface area contributed by atoms with Crippen molar-refractivity contribution in [3.63, 3.8) is 0 Å². The van der Waals surface area contributed by atoms with Crippen LogP contribution in [-0.4, -0.2) is 31.0 Å². The molecular formula is C12H20F2N2S. The smallest absolute Gasteiger partial charge is 0.251 e. The van der Waals surface area contributed by atoms with Gasteiger partial charge in [0.05, 0.1) is 12.6 Å². The summed E-state index contributed by atoms with van der Waals surface area (Å²) in [6.07, 6.45) is -1.55. The van der Waals surface area contributed by atoms with Crippen molar-refractivity contribution in [2.45, 2.75) is 38.8 Å². The van der Waals surface area contributed by atoms with Gasteiger partial charge in [0.15, 0.2) is 0 Å². The normalized spacial score (nSPS) is 15.5. The summed E-state index contributed by atoms with van der Waals surface area (Å²) in [5.41, 5.74) is 6.06. The molecular weight excluding hydrogens is 242 g/mol. The SMILES string of the molecule is CCC(N)C(c1ccc(C)s1)N(C)CC(F)F. The van der Waals surface area contributed by atoms with E-state index in [1.165, 1.54) is 4.88 Å². The minimum atomic E-state index is -2.33. The first-order valence-electron chi connectivity index (χ1n) is 5.76. The highest BCUT2D eigenvalue weighted by molar-refractivity contribution is 7.12. The fourth-order valence-electron chi connectivity index (χ4n) is 1.92. The summed E-state index contributed by atoms with van der Waals surface area (Å²) >= 11 is 1.63. The number of likely N-dealkylation sites (N-methyl/N-ethyl adjacent to an activating group) is 1. The predicted octanol–water partition coefficient (Wildman–Crippen LogP) is 3.03. The average molecular weight is 262 g/mol. The van der Waals surface area contributed by atoms with Crippen molar-refractivity contribution in [1.82, 2.24) is 4.90 Å². The number of nitrogens with two attached hydrogens (primary N) is 1. The summed E-state index contributed by atoms with van der Waals surface area (Å²) in [5, 5.41) is 0. The minimum absolute atomic E-state index is 0.114. The molecule has 2 N–H and O–H groups in total. The molecule has 0 aliphatic heterocycles. The van der Waals surface area contributed by atoms with E-state index in [2.05, 4.69) is 0 Å². The first-order valence-corrected chi connectivity index (χ1v) is 6.57. The van der Waals surface area contributed by atoms with Gasteiger partial charge in [0.25, 0.3) is 6.43 Å². The molecule has 0 spiro atoms. The number of hydrogen-bond acceptors (Lipinski definition) is 3. The van der Waals surface area contributed by atoms with E-state index in [-0.39, 0.29) is 18.6 Å². The van der Waals surface area contributed by atoms with Crippen LogP contribution in [0.3, 0.4) is 0 Å². The summed E-state index contributed by atoms with van der Waals surface area (Å²) in [6.45, 7) is 3.75. The second kappa shape index (κ2) is 6.42. The Kier molecular flexibility index (Phi) is 5.49. The molecule has 0 aliphatic carbocycles. The van der Waals surface area contributed by atoms with Crippen LogP contribution in [0.5, 0.6) is 0 Å². The number of aryl methyl sites for hydroxylation is 1. The fraction of sp³-hybridized carbons (Fsp3) is 0.667. The Hall–Kier alpha value is -0.520. The Morgan fingerprint density at radius 2 is 2.06 bits per heavy atom. The van der Waals surface area contributed by atoms with Gasteiger partial charge in [0, 0.05) is 15.8 Å². The van der Waals surface area contributed by atoms with Crippen LogP contribution >= 0.6 is 11.3 Å². The van der Waals surface area contributed by atoms with E-state index in [0.29, 0.717) is 0 Å². The molecule has 0 fully saturated rings. The Morgan fingerprint density at radius 1 is 1.41 bits per heavy atom. The standard InChI is InChI=1S/C12H20F2N2S/c1-4-9(15)12(16(3)7-11(13)14)10-6-5-8(2)17-10/h5-6,9,11-12H,4,7,15H2,1-3H3. The van der Waals surface area contributed by atoms with E-state index in [4.69, 9.17) is 5.73 Å². The molecule has 1 rings (SSSR count). The van der Waals surface area contributed by atoms with Gasteiger partial charge in [-0.3, -0.25) is 4.90 Å². The number of hydrogen-bond donors (Lipinski definition) is 1. The van der Waals surface area contributed by atoms with E-state index >= 15 is 0 Å². The maximum Gasteiger partial charge on any atom is 0.251 e. The highest BCUT2D eigenvalue weighted by Crippen LogP contribution is 2.30. The quantitative estimate of drug-likeness (QED) is 0.854. The first-order chi connectivity index (χ1) is 7.95. The van der Waals surface area contributed by atoms with Crippen LogP contribution in [0.4, 0.5) is 8.78 Å². The third kappa shape index (κ3) is 4.01. The molecule has 0 aromatic carbocycles. The van der Waals surface area contributed by atoms with Gasteiger partial charge in [-0.15, -0.1) is 11.3 Å². The number of nitrogens with zero attached hydrogens (tertiary/aromatic N) is 1. The Balaban J connectivity index is 2.87. The van der Waals surface area contributed by atoms with Crippen LogP contribution in [0.1, 0.15) is 29.1 Å². The maximum atomic E-state index is 12.5. The van der Waals surface area contributed by atoms with Crippen LogP contribution < -0.4 is 5.73 Å². The molecule has 0 bridgehead atoms. The maximum absolute atomic E-state index is 12.5. The van der Waals surface area contributed by atoms with Crippen LogP contribution in [0, 0.1) is 6.92 Å². The summed E-state index contributed by atoms with van der Waals surface area (Å²) in [7, 11) is 1.71. The van der Waals surface area contributed by atoms with Crippen LogP contribution in [-0.2, 0) is 0 Å². The van der Waals surface area contributed by atoms with Crippen molar-refractivity contribution in [1.29, 1.82) is 0 Å². The zero-order valence-corrected chi connectivity index (χ0v) is 11.3. The van der Waals surface area contributed by atoms with Gasteiger partial charge in [-0.25, -0.2) is 8.78 Å². The number of halogens is 2. The summed E-state index contributed by atoms with van der Waals surface area (Å²) in [5.74, 6) is 0. The third-order valence-corrected chi connectivity index (χ3v) is 3.90. The molecule has 0 radical (unpaired) electrons. The lowest BCUT2D eigenvalue weighted by Crippen LogP contribution is -2.40. The molecule has 0 saturated carbocycles. The number of rotatable bonds is 6. The molecule has 5 heteroatoms. The summed E-state index contributed by atoms with van der Waals surface area (Å²) < 4.78 is 24.9. The van der Waals surface area contributed by atoms with E-state index in [9.17, 15) is 8.78 Å². The van der Waals surface area contributed by atoms with Gasteiger partial charge in [0.1, 0.15) is 0 Å². The topological polar surface area (TPSA) is 29.3 Å². The van der Waals surface area contributed by atoms with E-state index in [0.717, 1.165) is 11.3 Å².